The second kappa shape index (κ2) is 5.81. The van der Waals surface area contributed by atoms with Gasteiger partial charge in [-0.2, -0.15) is 0 Å². The van der Waals surface area contributed by atoms with Crippen LogP contribution in [-0.4, -0.2) is 39.7 Å². The number of hydrogen-bond donors (Lipinski definition) is 3. The molecule has 1 aliphatic heterocycles. The smallest absolute Gasteiger partial charge is 0.335 e. The minimum atomic E-state index is -0.965. The molecule has 0 radical (unpaired) electrons. The van der Waals surface area contributed by atoms with E-state index in [2.05, 4.69) is 0 Å². The first kappa shape index (κ1) is 13.5. The van der Waals surface area contributed by atoms with Crippen molar-refractivity contribution in [3.8, 4) is 0 Å². The second-order valence-corrected chi connectivity index (χ2v) is 4.61. The molecule has 0 aromatic heterocycles. The number of carbonyl (C=O) groups excluding carboxylic acids is 1. The average molecular weight is 264 g/mol. The van der Waals surface area contributed by atoms with Gasteiger partial charge >= 0.3 is 5.97 Å². The van der Waals surface area contributed by atoms with Gasteiger partial charge < -0.3 is 5.11 Å². The molecule has 1 heterocycles. The van der Waals surface area contributed by atoms with Crippen LogP contribution in [0.5, 0.6) is 0 Å². The standard InChI is InChI=1S/C13H16N2O4/c16-12(14-19)11-5-2-6-15(11)8-9-3-1-4-10(7-9)13(17)18/h1,3-4,7,11,19H,2,5-6,8H2,(H,14,16)(H,17,18). The van der Waals surface area contributed by atoms with Crippen molar-refractivity contribution in [2.75, 3.05) is 6.54 Å². The summed E-state index contributed by atoms with van der Waals surface area (Å²) in [6.45, 7) is 1.26. The van der Waals surface area contributed by atoms with Crippen LogP contribution < -0.4 is 5.48 Å². The van der Waals surface area contributed by atoms with Crippen molar-refractivity contribution in [2.24, 2.45) is 0 Å². The van der Waals surface area contributed by atoms with E-state index < -0.39 is 11.9 Å². The van der Waals surface area contributed by atoms with Crippen LogP contribution in [0.25, 0.3) is 0 Å². The normalized spacial score (nSPS) is 19.3. The van der Waals surface area contributed by atoms with Gasteiger partial charge in [0, 0.05) is 6.54 Å². The Kier molecular flexibility index (Phi) is 4.13. The lowest BCUT2D eigenvalue weighted by Crippen LogP contribution is -2.41. The number of hydroxylamine groups is 1. The molecule has 0 saturated carbocycles. The fourth-order valence-corrected chi connectivity index (χ4v) is 2.42. The Hall–Kier alpha value is -1.92. The van der Waals surface area contributed by atoms with Gasteiger partial charge in [0.15, 0.2) is 0 Å². The maximum absolute atomic E-state index is 11.5. The predicted molar refractivity (Wildman–Crippen MR) is 66.8 cm³/mol. The van der Waals surface area contributed by atoms with Crippen molar-refractivity contribution < 1.29 is 19.9 Å². The molecule has 1 aromatic carbocycles. The molecule has 0 bridgehead atoms. The molecule has 1 aliphatic rings. The van der Waals surface area contributed by atoms with Crippen LogP contribution in [-0.2, 0) is 11.3 Å². The third kappa shape index (κ3) is 3.10. The number of hydrogen-bond acceptors (Lipinski definition) is 4. The van der Waals surface area contributed by atoms with E-state index in [0.717, 1.165) is 18.5 Å². The molecule has 19 heavy (non-hydrogen) atoms. The highest BCUT2D eigenvalue weighted by Crippen LogP contribution is 2.20. The average Bonchev–Trinajstić information content (AvgIpc) is 2.86. The van der Waals surface area contributed by atoms with Crippen LogP contribution in [0.1, 0.15) is 28.8 Å². The maximum Gasteiger partial charge on any atom is 0.335 e. The van der Waals surface area contributed by atoms with Gasteiger partial charge in [0.05, 0.1) is 11.6 Å². The van der Waals surface area contributed by atoms with Crippen LogP contribution in [0.2, 0.25) is 0 Å². The number of carboxylic acids is 1. The van der Waals surface area contributed by atoms with Crippen LogP contribution in [0.4, 0.5) is 0 Å². The third-order valence-corrected chi connectivity index (χ3v) is 3.34. The van der Waals surface area contributed by atoms with Gasteiger partial charge in [-0.25, -0.2) is 10.3 Å². The lowest BCUT2D eigenvalue weighted by atomic mass is 10.1. The van der Waals surface area contributed by atoms with Crippen molar-refractivity contribution in [1.29, 1.82) is 0 Å². The van der Waals surface area contributed by atoms with Crippen LogP contribution in [0.15, 0.2) is 24.3 Å². The molecule has 1 saturated heterocycles. The zero-order chi connectivity index (χ0) is 13.8. The van der Waals surface area contributed by atoms with Crippen LogP contribution >= 0.6 is 0 Å². The van der Waals surface area contributed by atoms with E-state index in [0.29, 0.717) is 13.0 Å². The molecule has 1 aromatic rings. The second-order valence-electron chi connectivity index (χ2n) is 4.61. The van der Waals surface area contributed by atoms with Crippen LogP contribution in [0, 0.1) is 0 Å². The number of rotatable bonds is 4. The van der Waals surface area contributed by atoms with E-state index in [1.54, 1.807) is 17.6 Å². The molecule has 0 aliphatic carbocycles. The van der Waals surface area contributed by atoms with Gasteiger partial charge in [-0.3, -0.25) is 14.9 Å². The molecule has 1 amide bonds. The summed E-state index contributed by atoms with van der Waals surface area (Å²) in [5.41, 5.74) is 2.76. The predicted octanol–water partition coefficient (Wildman–Crippen LogP) is 0.855. The third-order valence-electron chi connectivity index (χ3n) is 3.34. The molecular formula is C13H16N2O4. The Bertz CT molecular complexity index is 489. The Balaban J connectivity index is 2.10. The van der Waals surface area contributed by atoms with Crippen LogP contribution in [0.3, 0.4) is 0 Å². The fourth-order valence-electron chi connectivity index (χ4n) is 2.42. The number of nitrogens with one attached hydrogen (secondary N) is 1. The van der Waals surface area contributed by atoms with Crippen molar-refractivity contribution in [2.45, 2.75) is 25.4 Å². The molecule has 0 spiro atoms. The lowest BCUT2D eigenvalue weighted by molar-refractivity contribution is -0.134. The number of benzene rings is 1. The van der Waals surface area contributed by atoms with Crippen molar-refractivity contribution in [3.05, 3.63) is 35.4 Å². The van der Waals surface area contributed by atoms with E-state index in [1.807, 2.05) is 11.0 Å². The molecule has 2 rings (SSSR count). The Morgan fingerprint density at radius 2 is 2.21 bits per heavy atom. The molecule has 1 atom stereocenters. The summed E-state index contributed by atoms with van der Waals surface area (Å²) in [7, 11) is 0. The first-order valence-electron chi connectivity index (χ1n) is 6.12. The summed E-state index contributed by atoms with van der Waals surface area (Å²) >= 11 is 0. The topological polar surface area (TPSA) is 89.9 Å². The van der Waals surface area contributed by atoms with Gasteiger partial charge in [0.1, 0.15) is 0 Å². The number of carboxylic acid groups (broad SMARTS) is 1. The summed E-state index contributed by atoms with van der Waals surface area (Å²) in [4.78, 5) is 24.3. The number of carbonyl (C=O) groups is 2. The zero-order valence-electron chi connectivity index (χ0n) is 10.4. The van der Waals surface area contributed by atoms with Gasteiger partial charge in [-0.05, 0) is 37.1 Å². The number of nitrogens with zero attached hydrogens (tertiary/aromatic N) is 1. The Morgan fingerprint density at radius 1 is 1.42 bits per heavy atom. The Labute approximate surface area is 110 Å². The number of amides is 1. The van der Waals surface area contributed by atoms with Crippen molar-refractivity contribution in [1.82, 2.24) is 10.4 Å². The lowest BCUT2D eigenvalue weighted by Gasteiger charge is -2.22. The van der Waals surface area contributed by atoms with E-state index in [1.165, 1.54) is 6.07 Å². The minimum Gasteiger partial charge on any atom is -0.478 e. The molecule has 102 valence electrons. The zero-order valence-corrected chi connectivity index (χ0v) is 10.4. The molecular weight excluding hydrogens is 248 g/mol. The van der Waals surface area contributed by atoms with Gasteiger partial charge in [0.25, 0.3) is 5.91 Å². The van der Waals surface area contributed by atoms with E-state index in [9.17, 15) is 9.59 Å². The molecule has 6 heteroatoms. The van der Waals surface area contributed by atoms with E-state index >= 15 is 0 Å². The number of aromatic carboxylic acids is 1. The summed E-state index contributed by atoms with van der Waals surface area (Å²) in [5, 5.41) is 17.6. The van der Waals surface area contributed by atoms with Crippen molar-refractivity contribution >= 4 is 11.9 Å². The summed E-state index contributed by atoms with van der Waals surface area (Å²) in [6.07, 6.45) is 1.59. The first-order chi connectivity index (χ1) is 9.11. The highest BCUT2D eigenvalue weighted by atomic mass is 16.5. The molecule has 3 N–H and O–H groups in total. The summed E-state index contributed by atoms with van der Waals surface area (Å²) < 4.78 is 0. The minimum absolute atomic E-state index is 0.236. The Morgan fingerprint density at radius 3 is 2.89 bits per heavy atom. The SMILES string of the molecule is O=C(O)c1cccc(CN2CCCC2C(=O)NO)c1. The molecule has 1 fully saturated rings. The highest BCUT2D eigenvalue weighted by Gasteiger charge is 2.30. The van der Waals surface area contributed by atoms with Crippen molar-refractivity contribution in [3.63, 3.8) is 0 Å². The highest BCUT2D eigenvalue weighted by molar-refractivity contribution is 5.87. The summed E-state index contributed by atoms with van der Waals surface area (Å²) in [6, 6.07) is 6.32. The maximum atomic E-state index is 11.5. The largest absolute Gasteiger partial charge is 0.478 e. The van der Waals surface area contributed by atoms with E-state index in [-0.39, 0.29) is 11.6 Å². The van der Waals surface area contributed by atoms with Gasteiger partial charge in [-0.1, -0.05) is 12.1 Å². The van der Waals surface area contributed by atoms with Gasteiger partial charge in [0.2, 0.25) is 0 Å². The van der Waals surface area contributed by atoms with E-state index in [4.69, 9.17) is 10.3 Å². The molecule has 1 unspecified atom stereocenters. The number of likely N-dealkylation sites (tertiary alicyclic amines) is 1. The van der Waals surface area contributed by atoms with Gasteiger partial charge in [-0.15, -0.1) is 0 Å². The monoisotopic (exact) mass is 264 g/mol. The summed E-state index contributed by atoms with van der Waals surface area (Å²) in [5.74, 6) is -1.38. The molecule has 6 nitrogen and oxygen atoms in total. The quantitative estimate of drug-likeness (QED) is 0.554. The fraction of sp³-hybridized carbons (Fsp3) is 0.385. The first-order valence-corrected chi connectivity index (χ1v) is 6.12.